The average molecular weight is 228 g/mol. The van der Waals surface area contributed by atoms with Crippen LogP contribution in [0, 0.1) is 5.41 Å². The first-order chi connectivity index (χ1) is 7.45. The van der Waals surface area contributed by atoms with Crippen molar-refractivity contribution in [2.24, 2.45) is 11.1 Å². The number of hydroxylamine groups is 2. The zero-order valence-electron chi connectivity index (χ0n) is 10.7. The van der Waals surface area contributed by atoms with Crippen molar-refractivity contribution in [2.45, 2.75) is 52.5 Å². The molecule has 0 saturated carbocycles. The number of hydrogen-bond donors (Lipinski definition) is 1. The van der Waals surface area contributed by atoms with Gasteiger partial charge in [-0.15, -0.1) is 5.06 Å². The number of nitrogens with zero attached hydrogens (tertiary/aromatic N) is 1. The summed E-state index contributed by atoms with van der Waals surface area (Å²) < 4.78 is 0. The minimum atomic E-state index is -0.440. The molecular weight excluding hydrogens is 204 g/mol. The molecule has 1 heterocycles. The van der Waals surface area contributed by atoms with Crippen molar-refractivity contribution in [1.29, 1.82) is 0 Å². The minimum Gasteiger partial charge on any atom is -0.367 e. The van der Waals surface area contributed by atoms with Crippen molar-refractivity contribution in [1.82, 2.24) is 5.06 Å². The van der Waals surface area contributed by atoms with Crippen LogP contribution in [0.25, 0.3) is 0 Å². The van der Waals surface area contributed by atoms with Crippen LogP contribution < -0.4 is 5.73 Å². The Balaban J connectivity index is 2.52. The molecule has 4 nitrogen and oxygen atoms in total. The largest absolute Gasteiger partial charge is 0.367 e. The van der Waals surface area contributed by atoms with Gasteiger partial charge in [-0.1, -0.05) is 6.42 Å². The topological polar surface area (TPSA) is 55.6 Å². The van der Waals surface area contributed by atoms with Crippen LogP contribution in [0.1, 0.15) is 46.5 Å². The summed E-state index contributed by atoms with van der Waals surface area (Å²) in [7, 11) is 0. The Hall–Kier alpha value is -0.610. The second kappa shape index (κ2) is 5.64. The number of carbonyl (C=O) groups excluding carboxylic acids is 1. The highest BCUT2D eigenvalue weighted by Gasteiger charge is 2.30. The molecule has 0 aromatic carbocycles. The highest BCUT2D eigenvalue weighted by atomic mass is 16.7. The Morgan fingerprint density at radius 3 is 2.69 bits per heavy atom. The van der Waals surface area contributed by atoms with E-state index in [1.807, 2.05) is 25.8 Å². The van der Waals surface area contributed by atoms with E-state index < -0.39 is 5.41 Å². The Morgan fingerprint density at radius 2 is 2.12 bits per heavy atom. The summed E-state index contributed by atoms with van der Waals surface area (Å²) in [6.07, 6.45) is 4.28. The molecule has 1 aliphatic rings. The van der Waals surface area contributed by atoms with Gasteiger partial charge in [-0.25, -0.2) is 4.79 Å². The fourth-order valence-electron chi connectivity index (χ4n) is 1.82. The third-order valence-electron chi connectivity index (χ3n) is 2.89. The molecule has 1 rings (SSSR count). The standard InChI is InChI=1S/C12H24N2O2/c1-12(2,3)11(15)16-14-9-5-4-6-10(14)7-8-13/h10H,4-9,13H2,1-3H3. The number of piperidine rings is 1. The fraction of sp³-hybridized carbons (Fsp3) is 0.917. The van der Waals surface area contributed by atoms with Gasteiger partial charge in [0.05, 0.1) is 5.41 Å². The lowest BCUT2D eigenvalue weighted by Gasteiger charge is -2.35. The SMILES string of the molecule is CC(C)(C)C(=O)ON1CCCCC1CCN. The maximum Gasteiger partial charge on any atom is 0.330 e. The molecule has 4 heteroatoms. The molecule has 1 saturated heterocycles. The quantitative estimate of drug-likeness (QED) is 0.798. The zero-order valence-corrected chi connectivity index (χ0v) is 10.7. The van der Waals surface area contributed by atoms with Gasteiger partial charge in [0.2, 0.25) is 0 Å². The summed E-state index contributed by atoms with van der Waals surface area (Å²) in [5, 5.41) is 1.84. The number of hydrogen-bond acceptors (Lipinski definition) is 4. The van der Waals surface area contributed by atoms with Crippen LogP contribution in [0.4, 0.5) is 0 Å². The van der Waals surface area contributed by atoms with Crippen molar-refractivity contribution >= 4 is 5.97 Å². The molecule has 2 N–H and O–H groups in total. The highest BCUT2D eigenvalue weighted by Crippen LogP contribution is 2.23. The first-order valence-electron chi connectivity index (χ1n) is 6.14. The molecule has 0 aromatic heterocycles. The second-order valence-electron chi connectivity index (χ2n) is 5.50. The summed E-state index contributed by atoms with van der Waals surface area (Å²) in [6.45, 7) is 7.10. The van der Waals surface area contributed by atoms with E-state index in [1.165, 1.54) is 6.42 Å². The first-order valence-corrected chi connectivity index (χ1v) is 6.14. The molecule has 1 unspecified atom stereocenters. The molecule has 1 aliphatic heterocycles. The van der Waals surface area contributed by atoms with Crippen LogP contribution in [0.5, 0.6) is 0 Å². The molecule has 16 heavy (non-hydrogen) atoms. The van der Waals surface area contributed by atoms with E-state index in [0.717, 1.165) is 25.8 Å². The van der Waals surface area contributed by atoms with Gasteiger partial charge in [-0.05, 0) is 46.6 Å². The molecule has 1 atom stereocenters. The Bertz CT molecular complexity index is 234. The van der Waals surface area contributed by atoms with Crippen molar-refractivity contribution in [3.05, 3.63) is 0 Å². The lowest BCUT2D eigenvalue weighted by atomic mass is 9.97. The minimum absolute atomic E-state index is 0.156. The molecule has 0 aliphatic carbocycles. The second-order valence-corrected chi connectivity index (χ2v) is 5.50. The van der Waals surface area contributed by atoms with E-state index in [4.69, 9.17) is 10.6 Å². The van der Waals surface area contributed by atoms with Gasteiger partial charge in [0, 0.05) is 12.6 Å². The molecular formula is C12H24N2O2. The molecule has 0 amide bonds. The monoisotopic (exact) mass is 228 g/mol. The Kier molecular flexibility index (Phi) is 4.74. The van der Waals surface area contributed by atoms with Crippen LogP contribution in [0.15, 0.2) is 0 Å². The van der Waals surface area contributed by atoms with Gasteiger partial charge < -0.3 is 10.6 Å². The van der Waals surface area contributed by atoms with Crippen molar-refractivity contribution < 1.29 is 9.63 Å². The van der Waals surface area contributed by atoms with Crippen LogP contribution in [0.3, 0.4) is 0 Å². The van der Waals surface area contributed by atoms with E-state index in [9.17, 15) is 4.79 Å². The highest BCUT2D eigenvalue weighted by molar-refractivity contribution is 5.75. The van der Waals surface area contributed by atoms with Crippen LogP contribution in [-0.2, 0) is 9.63 Å². The predicted molar refractivity (Wildman–Crippen MR) is 63.6 cm³/mol. The van der Waals surface area contributed by atoms with Crippen molar-refractivity contribution in [3.8, 4) is 0 Å². The average Bonchev–Trinajstić information content (AvgIpc) is 2.20. The van der Waals surface area contributed by atoms with Gasteiger partial charge in [-0.3, -0.25) is 0 Å². The third-order valence-corrected chi connectivity index (χ3v) is 2.89. The summed E-state index contributed by atoms with van der Waals surface area (Å²) in [5.41, 5.74) is 5.13. The summed E-state index contributed by atoms with van der Waals surface area (Å²) in [5.74, 6) is -0.156. The van der Waals surface area contributed by atoms with Crippen molar-refractivity contribution in [3.63, 3.8) is 0 Å². The number of nitrogens with two attached hydrogens (primary N) is 1. The molecule has 0 aromatic rings. The van der Waals surface area contributed by atoms with E-state index in [0.29, 0.717) is 12.6 Å². The van der Waals surface area contributed by atoms with E-state index in [1.54, 1.807) is 0 Å². The molecule has 0 spiro atoms. The Labute approximate surface area is 98.1 Å². The summed E-state index contributed by atoms with van der Waals surface area (Å²) in [4.78, 5) is 17.2. The van der Waals surface area contributed by atoms with Gasteiger partial charge in [0.15, 0.2) is 0 Å². The first kappa shape index (κ1) is 13.5. The van der Waals surface area contributed by atoms with Crippen LogP contribution in [0.2, 0.25) is 0 Å². The Morgan fingerprint density at radius 1 is 1.44 bits per heavy atom. The lowest BCUT2D eigenvalue weighted by Crippen LogP contribution is -2.44. The van der Waals surface area contributed by atoms with Gasteiger partial charge in [-0.2, -0.15) is 0 Å². The molecule has 1 fully saturated rings. The maximum absolute atomic E-state index is 11.8. The summed E-state index contributed by atoms with van der Waals surface area (Å²) in [6, 6.07) is 0.310. The molecule has 94 valence electrons. The van der Waals surface area contributed by atoms with E-state index >= 15 is 0 Å². The van der Waals surface area contributed by atoms with E-state index in [2.05, 4.69) is 0 Å². The maximum atomic E-state index is 11.8. The normalized spacial score (nSPS) is 23.1. The van der Waals surface area contributed by atoms with Crippen LogP contribution in [-0.4, -0.2) is 30.2 Å². The van der Waals surface area contributed by atoms with E-state index in [-0.39, 0.29) is 5.97 Å². The fourth-order valence-corrected chi connectivity index (χ4v) is 1.82. The van der Waals surface area contributed by atoms with Crippen LogP contribution >= 0.6 is 0 Å². The lowest BCUT2D eigenvalue weighted by molar-refractivity contribution is -0.217. The van der Waals surface area contributed by atoms with Gasteiger partial charge in [0.1, 0.15) is 0 Å². The summed E-state index contributed by atoms with van der Waals surface area (Å²) >= 11 is 0. The smallest absolute Gasteiger partial charge is 0.330 e. The number of carbonyl (C=O) groups is 1. The predicted octanol–water partition coefficient (Wildman–Crippen LogP) is 1.69. The van der Waals surface area contributed by atoms with Crippen molar-refractivity contribution in [2.75, 3.05) is 13.1 Å². The molecule has 0 bridgehead atoms. The van der Waals surface area contributed by atoms with Gasteiger partial charge >= 0.3 is 5.97 Å². The third kappa shape index (κ3) is 3.76. The molecule has 0 radical (unpaired) electrons. The zero-order chi connectivity index (χ0) is 12.2. The van der Waals surface area contributed by atoms with Gasteiger partial charge in [0.25, 0.3) is 0 Å². The number of rotatable bonds is 3.